The zero-order valence-corrected chi connectivity index (χ0v) is 48.0. The van der Waals surface area contributed by atoms with E-state index in [2.05, 4.69) is 86.2 Å². The Bertz CT molecular complexity index is 2060. The third kappa shape index (κ3) is 17.4. The van der Waals surface area contributed by atoms with Gasteiger partial charge in [0, 0.05) is 62.0 Å². The van der Waals surface area contributed by atoms with Gasteiger partial charge in [0.1, 0.15) is 6.61 Å². The normalized spacial score (nSPS) is 17.0. The molecule has 18 nitrogen and oxygen atoms in total. The molecule has 2 aromatic carbocycles. The van der Waals surface area contributed by atoms with E-state index < -0.39 is 22.7 Å². The van der Waals surface area contributed by atoms with Gasteiger partial charge in [-0.15, -0.1) is 0 Å². The standard InChI is InChI=1S/C53H88N6O12Si2/c1-36-25-39(33-70-72(11,12)52(3,4)5)58(31-36)50(61)41-27-45(63-9)47(29-43(41)55)68-18-15-38(57-49(60)35-67-24-23-66-22-21-65-20-17-54)16-19-69-48-30-44(56)42(28-46(48)64-10)51(62)59-32-37(2)26-40(59)34-71-73(13,14)53(6,7)8/h27-30,38-40H,1-2,15-26,31-35,54-56H2,3-14H3,(H,57,60). The highest BCUT2D eigenvalue weighted by molar-refractivity contribution is 6.74. The molecule has 410 valence electrons. The molecule has 0 aliphatic carbocycles. The molecular formula is C53H88N6O12Si2. The average Bonchev–Trinajstić information content (AvgIpc) is 3.89. The number of anilines is 2. The van der Waals surface area contributed by atoms with Crippen molar-refractivity contribution in [3.05, 3.63) is 59.7 Å². The summed E-state index contributed by atoms with van der Waals surface area (Å²) in [6.07, 6.45) is 1.97. The monoisotopic (exact) mass is 1060 g/mol. The van der Waals surface area contributed by atoms with E-state index in [0.29, 0.717) is 101 Å². The second kappa shape index (κ2) is 27.2. The van der Waals surface area contributed by atoms with Crippen LogP contribution in [0.2, 0.25) is 36.3 Å². The molecule has 0 saturated carbocycles. The molecule has 2 aliphatic rings. The van der Waals surface area contributed by atoms with Gasteiger partial charge in [-0.05, 0) is 61.2 Å². The van der Waals surface area contributed by atoms with Crippen molar-refractivity contribution in [2.75, 3.05) is 111 Å². The summed E-state index contributed by atoms with van der Waals surface area (Å²) in [5.74, 6) is 0.485. The van der Waals surface area contributed by atoms with Crippen LogP contribution in [0.25, 0.3) is 0 Å². The Morgan fingerprint density at radius 2 is 1.04 bits per heavy atom. The SMILES string of the molecule is C=C1CC(CO[Si](C)(C)C(C)(C)C)N(C(=O)c2cc(OC)c(OCCC(CCOc3cc(N)c(C(=O)N4CC(=C)CC4CO[Si](C)(C)C(C)(C)C)cc3OC)NC(=O)COCCOCCOCCN)cc2N)C1. The third-order valence-corrected chi connectivity index (χ3v) is 23.3. The van der Waals surface area contributed by atoms with Crippen molar-refractivity contribution in [1.29, 1.82) is 0 Å². The first kappa shape index (κ1) is 60.9. The number of nitrogens with one attached hydrogen (secondary N) is 1. The number of likely N-dealkylation sites (tertiary alicyclic amines) is 2. The molecule has 3 amide bonds. The summed E-state index contributed by atoms with van der Waals surface area (Å²) < 4.78 is 53.4. The number of nitrogens with two attached hydrogens (primary N) is 3. The lowest BCUT2D eigenvalue weighted by Gasteiger charge is -2.38. The van der Waals surface area contributed by atoms with Crippen molar-refractivity contribution < 1.29 is 56.4 Å². The summed E-state index contributed by atoms with van der Waals surface area (Å²) in [6, 6.07) is 5.57. The zero-order valence-electron chi connectivity index (χ0n) is 46.0. The number of amides is 3. The first-order valence-electron chi connectivity index (χ1n) is 25.4. The van der Waals surface area contributed by atoms with E-state index in [0.717, 1.165) is 11.1 Å². The number of methoxy groups -OCH3 is 2. The van der Waals surface area contributed by atoms with Crippen LogP contribution in [-0.4, -0.2) is 162 Å². The van der Waals surface area contributed by atoms with Gasteiger partial charge in [-0.25, -0.2) is 0 Å². The minimum Gasteiger partial charge on any atom is -0.493 e. The van der Waals surface area contributed by atoms with Gasteiger partial charge in [0.2, 0.25) is 5.91 Å². The minimum atomic E-state index is -2.07. The van der Waals surface area contributed by atoms with Gasteiger partial charge in [0.15, 0.2) is 39.6 Å². The Hall–Kier alpha value is -4.68. The average molecular weight is 1060 g/mol. The number of carbonyl (C=O) groups excluding carboxylic acids is 3. The molecule has 0 bridgehead atoms. The zero-order chi connectivity index (χ0) is 54.3. The molecule has 2 atom stereocenters. The third-order valence-electron chi connectivity index (χ3n) is 14.3. The van der Waals surface area contributed by atoms with Crippen LogP contribution in [0.15, 0.2) is 48.6 Å². The second-order valence-electron chi connectivity index (χ2n) is 22.0. The number of nitrogens with zero attached hydrogens (tertiary/aromatic N) is 2. The quantitative estimate of drug-likeness (QED) is 0.0274. The Morgan fingerprint density at radius 3 is 1.42 bits per heavy atom. The van der Waals surface area contributed by atoms with E-state index in [4.69, 9.17) is 59.2 Å². The maximum Gasteiger partial charge on any atom is 0.256 e. The lowest BCUT2D eigenvalue weighted by atomic mass is 10.1. The van der Waals surface area contributed by atoms with E-state index in [-0.39, 0.29) is 95.4 Å². The van der Waals surface area contributed by atoms with E-state index in [1.807, 2.05) is 0 Å². The molecule has 0 radical (unpaired) electrons. The van der Waals surface area contributed by atoms with Crippen molar-refractivity contribution in [2.45, 2.75) is 122 Å². The van der Waals surface area contributed by atoms with Gasteiger partial charge in [-0.2, -0.15) is 0 Å². The molecular weight excluding hydrogens is 969 g/mol. The highest BCUT2D eigenvalue weighted by Crippen LogP contribution is 2.40. The van der Waals surface area contributed by atoms with Crippen LogP contribution in [0.5, 0.6) is 23.0 Å². The number of hydrogen-bond acceptors (Lipinski definition) is 15. The Balaban J connectivity index is 1.45. The fraction of sp³-hybridized carbons (Fsp3) is 0.642. The van der Waals surface area contributed by atoms with Gasteiger partial charge in [-0.1, -0.05) is 65.8 Å². The fourth-order valence-corrected chi connectivity index (χ4v) is 9.90. The van der Waals surface area contributed by atoms with E-state index in [1.165, 1.54) is 14.2 Å². The predicted molar refractivity (Wildman–Crippen MR) is 292 cm³/mol. The predicted octanol–water partition coefficient (Wildman–Crippen LogP) is 7.18. The van der Waals surface area contributed by atoms with E-state index in [9.17, 15) is 14.4 Å². The Kier molecular flexibility index (Phi) is 22.7. The van der Waals surface area contributed by atoms with E-state index in [1.54, 1.807) is 34.1 Å². The van der Waals surface area contributed by atoms with Gasteiger partial charge in [-0.3, -0.25) is 14.4 Å². The van der Waals surface area contributed by atoms with Crippen molar-refractivity contribution >= 4 is 45.7 Å². The van der Waals surface area contributed by atoms with Gasteiger partial charge < -0.3 is 74.3 Å². The van der Waals surface area contributed by atoms with Crippen molar-refractivity contribution in [1.82, 2.24) is 15.1 Å². The van der Waals surface area contributed by atoms with Gasteiger partial charge in [0.25, 0.3) is 11.8 Å². The largest absolute Gasteiger partial charge is 0.493 e. The van der Waals surface area contributed by atoms with E-state index >= 15 is 0 Å². The molecule has 0 spiro atoms. The van der Waals surface area contributed by atoms with Crippen LogP contribution in [0.4, 0.5) is 11.4 Å². The molecule has 2 fully saturated rings. The highest BCUT2D eigenvalue weighted by Gasteiger charge is 2.42. The highest BCUT2D eigenvalue weighted by atomic mass is 28.4. The summed E-state index contributed by atoms with van der Waals surface area (Å²) >= 11 is 0. The first-order chi connectivity index (χ1) is 34.2. The molecule has 2 aliphatic heterocycles. The summed E-state index contributed by atoms with van der Waals surface area (Å²) in [6.45, 7) is 34.1. The van der Waals surface area contributed by atoms with Gasteiger partial charge >= 0.3 is 0 Å². The maximum atomic E-state index is 14.1. The number of rotatable bonds is 29. The van der Waals surface area contributed by atoms with Crippen LogP contribution in [-0.2, 0) is 27.9 Å². The Morgan fingerprint density at radius 1 is 0.644 bits per heavy atom. The molecule has 4 rings (SSSR count). The Labute approximate surface area is 437 Å². The second-order valence-corrected chi connectivity index (χ2v) is 31.6. The van der Waals surface area contributed by atoms with Crippen LogP contribution < -0.4 is 41.5 Å². The molecule has 2 unspecified atom stereocenters. The van der Waals surface area contributed by atoms with Crippen molar-refractivity contribution in [2.24, 2.45) is 5.73 Å². The molecule has 0 aromatic heterocycles. The van der Waals surface area contributed by atoms with Crippen LogP contribution in [0.3, 0.4) is 0 Å². The lowest BCUT2D eigenvalue weighted by Crippen LogP contribution is -2.46. The van der Waals surface area contributed by atoms with Crippen molar-refractivity contribution in [3.63, 3.8) is 0 Å². The smallest absolute Gasteiger partial charge is 0.256 e. The number of carbonyl (C=O) groups is 3. The summed E-state index contributed by atoms with van der Waals surface area (Å²) in [5.41, 5.74) is 21.5. The summed E-state index contributed by atoms with van der Waals surface area (Å²) in [5, 5.41) is 3.08. The van der Waals surface area contributed by atoms with Crippen LogP contribution in [0.1, 0.15) is 87.9 Å². The maximum absolute atomic E-state index is 14.1. The first-order valence-corrected chi connectivity index (χ1v) is 31.2. The lowest BCUT2D eigenvalue weighted by molar-refractivity contribution is -0.127. The molecule has 2 heterocycles. The van der Waals surface area contributed by atoms with Crippen molar-refractivity contribution in [3.8, 4) is 23.0 Å². The van der Waals surface area contributed by atoms with Crippen LogP contribution in [0, 0.1) is 0 Å². The molecule has 2 saturated heterocycles. The number of benzene rings is 2. The van der Waals surface area contributed by atoms with Crippen LogP contribution >= 0.6 is 0 Å². The number of nitrogen functional groups attached to an aromatic ring is 2. The molecule has 20 heteroatoms. The molecule has 73 heavy (non-hydrogen) atoms. The summed E-state index contributed by atoms with van der Waals surface area (Å²) in [4.78, 5) is 45.0. The number of ether oxygens (including phenoxy) is 7. The number of hydrogen-bond donors (Lipinski definition) is 4. The molecule has 2 aromatic rings. The topological polar surface area (TPSA) is 231 Å². The molecule has 7 N–H and O–H groups in total. The fourth-order valence-electron chi connectivity index (χ4n) is 7.82. The minimum absolute atomic E-state index is 0.0202. The summed E-state index contributed by atoms with van der Waals surface area (Å²) in [7, 11) is -1.15. The van der Waals surface area contributed by atoms with Gasteiger partial charge in [0.05, 0.1) is 96.9 Å².